The van der Waals surface area contributed by atoms with E-state index in [1.807, 2.05) is 6.07 Å². The molecule has 2 unspecified atom stereocenters. The van der Waals surface area contributed by atoms with Crippen LogP contribution in [0.2, 0.25) is 5.02 Å². The van der Waals surface area contributed by atoms with E-state index < -0.39 is 15.4 Å². The largest absolute Gasteiger partial charge is 0.390 e. The van der Waals surface area contributed by atoms with E-state index in [4.69, 9.17) is 11.6 Å². The van der Waals surface area contributed by atoms with Gasteiger partial charge in [-0.15, -0.1) is 0 Å². The maximum Gasteiger partial charge on any atom is 0.229 e. The van der Waals surface area contributed by atoms with Gasteiger partial charge in [-0.25, -0.2) is 13.4 Å². The number of hydrogen-bond donors (Lipinski definition) is 3. The third-order valence-electron chi connectivity index (χ3n) is 6.90. The number of hydrogen-bond acceptors (Lipinski definition) is 7. The molecule has 0 spiro atoms. The van der Waals surface area contributed by atoms with Gasteiger partial charge >= 0.3 is 0 Å². The van der Waals surface area contributed by atoms with Crippen LogP contribution in [0.5, 0.6) is 0 Å². The summed E-state index contributed by atoms with van der Waals surface area (Å²) in [5.74, 6) is 2.48. The van der Waals surface area contributed by atoms with Gasteiger partial charge in [-0.05, 0) is 67.6 Å². The average Bonchev–Trinajstić information content (AvgIpc) is 2.64. The number of rotatable bonds is 6. The molecule has 166 valence electrons. The monoisotopic (exact) mass is 462 g/mol. The van der Waals surface area contributed by atoms with Gasteiger partial charge in [0, 0.05) is 18.0 Å². The molecule has 4 fully saturated rings. The lowest BCUT2D eigenvalue weighted by molar-refractivity contribution is -0.129. The zero-order valence-electron chi connectivity index (χ0n) is 17.4. The van der Waals surface area contributed by atoms with Crippen molar-refractivity contribution in [1.29, 1.82) is 0 Å². The minimum Gasteiger partial charge on any atom is -0.390 e. The predicted octanol–water partition coefficient (Wildman–Crippen LogP) is 3.77. The summed E-state index contributed by atoms with van der Waals surface area (Å²) in [4.78, 5) is 8.88. The van der Waals surface area contributed by atoms with Gasteiger partial charge in [0.15, 0.2) is 15.7 Å². The first-order valence-electron chi connectivity index (χ1n) is 10.7. The number of aliphatic hydroxyl groups is 1. The first kappa shape index (κ1) is 21.0. The molecule has 31 heavy (non-hydrogen) atoms. The second-order valence-electron chi connectivity index (χ2n) is 9.65. The maximum absolute atomic E-state index is 11.6. The number of aromatic nitrogens is 2. The quantitative estimate of drug-likeness (QED) is 0.600. The van der Waals surface area contributed by atoms with Crippen molar-refractivity contribution in [1.82, 2.24) is 9.97 Å². The van der Waals surface area contributed by atoms with Gasteiger partial charge in [-0.1, -0.05) is 23.7 Å². The van der Waals surface area contributed by atoms with Crippen molar-refractivity contribution in [3.05, 3.63) is 41.0 Å². The molecule has 4 aliphatic carbocycles. The number of nitrogens with zero attached hydrogens (tertiary/aromatic N) is 2. The van der Waals surface area contributed by atoms with Crippen LogP contribution in [-0.4, -0.2) is 41.4 Å². The summed E-state index contributed by atoms with van der Waals surface area (Å²) in [5, 5.41) is 18.0. The van der Waals surface area contributed by atoms with E-state index in [2.05, 4.69) is 20.6 Å². The molecular formula is C22H27ClN4O3S. The van der Waals surface area contributed by atoms with E-state index in [1.165, 1.54) is 6.26 Å². The fourth-order valence-corrected chi connectivity index (χ4v) is 7.00. The SMILES string of the molecule is CS(=O)(=O)Cc1cccc(Nc2ncc(Cl)c(NC3C4CC5CC3CC(O)(C5)C4)n2)c1. The highest BCUT2D eigenvalue weighted by molar-refractivity contribution is 7.89. The minimum absolute atomic E-state index is 0.0192. The van der Waals surface area contributed by atoms with Gasteiger partial charge in [0.05, 0.1) is 17.6 Å². The van der Waals surface area contributed by atoms with Crippen LogP contribution >= 0.6 is 11.6 Å². The molecule has 0 saturated heterocycles. The van der Waals surface area contributed by atoms with Crippen LogP contribution in [0.4, 0.5) is 17.5 Å². The molecule has 9 heteroatoms. The third kappa shape index (κ3) is 4.52. The van der Waals surface area contributed by atoms with Gasteiger partial charge < -0.3 is 15.7 Å². The van der Waals surface area contributed by atoms with E-state index in [9.17, 15) is 13.5 Å². The van der Waals surface area contributed by atoms with Crippen LogP contribution in [-0.2, 0) is 15.6 Å². The normalized spacial score (nSPS) is 31.6. The molecule has 1 aromatic carbocycles. The van der Waals surface area contributed by atoms with Crippen LogP contribution < -0.4 is 10.6 Å². The number of halogens is 1. The Morgan fingerprint density at radius 2 is 1.97 bits per heavy atom. The Balaban J connectivity index is 1.33. The summed E-state index contributed by atoms with van der Waals surface area (Å²) < 4.78 is 23.2. The first-order chi connectivity index (χ1) is 14.7. The fraction of sp³-hybridized carbons (Fsp3) is 0.545. The fourth-order valence-electron chi connectivity index (χ4n) is 6.07. The molecule has 6 rings (SSSR count). The Morgan fingerprint density at radius 3 is 2.65 bits per heavy atom. The molecule has 2 aromatic rings. The molecule has 0 radical (unpaired) electrons. The molecule has 0 aliphatic heterocycles. The minimum atomic E-state index is -3.11. The van der Waals surface area contributed by atoms with E-state index in [0.29, 0.717) is 45.8 Å². The molecule has 3 N–H and O–H groups in total. The van der Waals surface area contributed by atoms with Gasteiger partial charge in [0.1, 0.15) is 5.02 Å². The number of nitrogens with one attached hydrogen (secondary N) is 2. The third-order valence-corrected chi connectivity index (χ3v) is 8.03. The van der Waals surface area contributed by atoms with Crippen molar-refractivity contribution < 1.29 is 13.5 Å². The van der Waals surface area contributed by atoms with Crippen LogP contribution in [0.3, 0.4) is 0 Å². The van der Waals surface area contributed by atoms with Crippen molar-refractivity contribution in [3.63, 3.8) is 0 Å². The molecule has 7 nitrogen and oxygen atoms in total. The molecule has 4 aliphatic rings. The zero-order chi connectivity index (χ0) is 21.8. The molecule has 1 aromatic heterocycles. The summed E-state index contributed by atoms with van der Waals surface area (Å²) in [6, 6.07) is 7.47. The highest BCUT2D eigenvalue weighted by atomic mass is 35.5. The highest BCUT2D eigenvalue weighted by Crippen LogP contribution is 2.56. The lowest BCUT2D eigenvalue weighted by atomic mass is 9.52. The maximum atomic E-state index is 11.6. The Bertz CT molecular complexity index is 1090. The Morgan fingerprint density at radius 1 is 1.23 bits per heavy atom. The van der Waals surface area contributed by atoms with Crippen molar-refractivity contribution in [2.45, 2.75) is 49.5 Å². The molecule has 4 bridgehead atoms. The van der Waals surface area contributed by atoms with Crippen LogP contribution in [0.25, 0.3) is 0 Å². The molecule has 1 heterocycles. The van der Waals surface area contributed by atoms with E-state index in [0.717, 1.165) is 32.1 Å². The Hall–Kier alpha value is -1.90. The van der Waals surface area contributed by atoms with Gasteiger partial charge in [0.2, 0.25) is 5.95 Å². The predicted molar refractivity (Wildman–Crippen MR) is 121 cm³/mol. The van der Waals surface area contributed by atoms with Crippen molar-refractivity contribution in [2.24, 2.45) is 17.8 Å². The van der Waals surface area contributed by atoms with Crippen molar-refractivity contribution in [2.75, 3.05) is 16.9 Å². The molecule has 0 amide bonds. The van der Waals surface area contributed by atoms with E-state index in [-0.39, 0.29) is 11.8 Å². The number of benzene rings is 1. The lowest BCUT2D eigenvalue weighted by Gasteiger charge is -2.58. The smallest absolute Gasteiger partial charge is 0.229 e. The standard InChI is InChI=1S/C22H27ClN4O3S/c1-31(29,30)12-13-3-2-4-17(7-13)25-21-24-11-18(23)20(27-21)26-19-15-5-14-6-16(19)10-22(28,8-14)9-15/h2-4,7,11,14-16,19,28H,5-6,8-10,12H2,1H3,(H2,24,25,26,27). The lowest BCUT2D eigenvalue weighted by Crippen LogP contribution is -2.59. The van der Waals surface area contributed by atoms with Crippen LogP contribution in [0.15, 0.2) is 30.5 Å². The summed E-state index contributed by atoms with van der Waals surface area (Å²) in [6.07, 6.45) is 7.73. The van der Waals surface area contributed by atoms with E-state index >= 15 is 0 Å². The summed E-state index contributed by atoms with van der Waals surface area (Å²) >= 11 is 6.41. The Labute approximate surface area is 187 Å². The summed E-state index contributed by atoms with van der Waals surface area (Å²) in [5.41, 5.74) is 0.936. The summed E-state index contributed by atoms with van der Waals surface area (Å²) in [6.45, 7) is 0. The van der Waals surface area contributed by atoms with Gasteiger partial charge in [-0.2, -0.15) is 4.98 Å². The Kier molecular flexibility index (Phi) is 5.14. The van der Waals surface area contributed by atoms with Gasteiger partial charge in [0.25, 0.3) is 0 Å². The highest BCUT2D eigenvalue weighted by Gasteiger charge is 2.54. The zero-order valence-corrected chi connectivity index (χ0v) is 19.0. The molecular weight excluding hydrogens is 436 g/mol. The summed E-state index contributed by atoms with van der Waals surface area (Å²) in [7, 11) is -3.11. The van der Waals surface area contributed by atoms with Gasteiger partial charge in [-0.3, -0.25) is 0 Å². The van der Waals surface area contributed by atoms with E-state index in [1.54, 1.807) is 24.4 Å². The topological polar surface area (TPSA) is 104 Å². The first-order valence-corrected chi connectivity index (χ1v) is 13.1. The molecule has 2 atom stereocenters. The van der Waals surface area contributed by atoms with Crippen molar-refractivity contribution in [3.8, 4) is 0 Å². The second-order valence-corrected chi connectivity index (χ2v) is 12.2. The van der Waals surface area contributed by atoms with Crippen LogP contribution in [0, 0.1) is 17.8 Å². The number of sulfone groups is 1. The second kappa shape index (κ2) is 7.60. The molecule has 4 saturated carbocycles. The number of anilines is 3. The van der Waals surface area contributed by atoms with Crippen LogP contribution in [0.1, 0.15) is 37.7 Å². The van der Waals surface area contributed by atoms with Crippen molar-refractivity contribution >= 4 is 38.9 Å². The average molecular weight is 463 g/mol.